The maximum absolute atomic E-state index is 9.70. The van der Waals surface area contributed by atoms with Crippen LogP contribution in [0, 0.1) is 0 Å². The Morgan fingerprint density at radius 3 is 2.37 bits per heavy atom. The summed E-state index contributed by atoms with van der Waals surface area (Å²) in [6.45, 7) is 3.54. The molecule has 9 nitrogen and oxygen atoms in total. The molecule has 146 valence electrons. The number of nitrogens with one attached hydrogen (secondary N) is 3. The summed E-state index contributed by atoms with van der Waals surface area (Å²) in [7, 11) is 0. The molecule has 3 aromatic heterocycles. The Morgan fingerprint density at radius 2 is 1.85 bits per heavy atom. The smallest absolute Gasteiger partial charge is 0.404 e. The van der Waals surface area contributed by atoms with Crippen LogP contribution in [-0.4, -0.2) is 42.0 Å². The lowest BCUT2D eigenvalue weighted by atomic mass is 10.4. The molecule has 0 saturated heterocycles. The van der Waals surface area contributed by atoms with E-state index >= 15 is 0 Å². The van der Waals surface area contributed by atoms with Crippen LogP contribution in [0.1, 0.15) is 46.0 Å². The van der Waals surface area contributed by atoms with Crippen molar-refractivity contribution in [3.8, 4) is 0 Å². The van der Waals surface area contributed by atoms with E-state index in [4.69, 9.17) is 5.11 Å². The first-order valence-corrected chi connectivity index (χ1v) is 9.10. The van der Waals surface area contributed by atoms with Crippen molar-refractivity contribution in [2.24, 2.45) is 0 Å². The Kier molecular flexibility index (Phi) is 8.08. The number of carboxylic acid groups (broad SMARTS) is 1. The fraction of sp³-hybridized carbons (Fsp3) is 0.444. The van der Waals surface area contributed by atoms with Gasteiger partial charge in [0, 0.05) is 24.5 Å². The van der Waals surface area contributed by atoms with Gasteiger partial charge in [-0.15, -0.1) is 0 Å². The van der Waals surface area contributed by atoms with Crippen molar-refractivity contribution in [1.82, 2.24) is 30.1 Å². The van der Waals surface area contributed by atoms with Crippen LogP contribution in [0.15, 0.2) is 36.9 Å². The van der Waals surface area contributed by atoms with Gasteiger partial charge in [-0.2, -0.15) is 10.2 Å². The molecule has 4 rings (SSSR count). The van der Waals surface area contributed by atoms with Crippen molar-refractivity contribution in [2.75, 3.05) is 5.32 Å². The molecule has 3 aromatic rings. The second-order valence-electron chi connectivity index (χ2n) is 6.40. The standard InChI is InChI=1S/C9H8N6.C5H10.C4H9NO2/c1-4-12-15-6-5-10-9(7(1)15)13-8-2-3-11-14-8;1-2-4-5-3-1;1-3(2)5-4(6)7/h1-6H,(H2,10,11,13,14);1-5H2;3,5H,1-2H3,(H,6,7). The van der Waals surface area contributed by atoms with Crippen LogP contribution in [0.5, 0.6) is 0 Å². The zero-order valence-electron chi connectivity index (χ0n) is 15.7. The van der Waals surface area contributed by atoms with Gasteiger partial charge in [0.2, 0.25) is 0 Å². The zero-order valence-corrected chi connectivity index (χ0v) is 15.7. The van der Waals surface area contributed by atoms with Gasteiger partial charge in [0.15, 0.2) is 5.82 Å². The number of fused-ring (bicyclic) bond motifs is 1. The van der Waals surface area contributed by atoms with Gasteiger partial charge in [0.05, 0.1) is 12.4 Å². The first kappa shape index (κ1) is 20.2. The van der Waals surface area contributed by atoms with Crippen LogP contribution in [0.3, 0.4) is 0 Å². The third kappa shape index (κ3) is 7.35. The molecule has 1 aliphatic rings. The molecule has 1 fully saturated rings. The average molecular weight is 373 g/mol. The molecule has 0 spiro atoms. The molecular formula is C18H27N7O2. The van der Waals surface area contributed by atoms with Crippen LogP contribution in [-0.2, 0) is 0 Å². The molecule has 0 aromatic carbocycles. The minimum Gasteiger partial charge on any atom is -0.465 e. The number of H-pyrrole nitrogens is 1. The number of anilines is 2. The molecule has 0 aliphatic heterocycles. The minimum absolute atomic E-state index is 0.0255. The van der Waals surface area contributed by atoms with Gasteiger partial charge in [-0.25, -0.2) is 14.3 Å². The number of hydrogen-bond acceptors (Lipinski definition) is 5. The zero-order chi connectivity index (χ0) is 19.5. The van der Waals surface area contributed by atoms with Gasteiger partial charge >= 0.3 is 6.09 Å². The molecule has 9 heteroatoms. The molecule has 0 atom stereocenters. The molecule has 4 N–H and O–H groups in total. The maximum Gasteiger partial charge on any atom is 0.404 e. The van der Waals surface area contributed by atoms with Crippen molar-refractivity contribution in [1.29, 1.82) is 0 Å². The Morgan fingerprint density at radius 1 is 1.15 bits per heavy atom. The Labute approximate surface area is 158 Å². The van der Waals surface area contributed by atoms with Crippen LogP contribution >= 0.6 is 0 Å². The summed E-state index contributed by atoms with van der Waals surface area (Å²) in [5.74, 6) is 1.55. The van der Waals surface area contributed by atoms with Gasteiger partial charge < -0.3 is 15.7 Å². The first-order chi connectivity index (χ1) is 13.1. The number of aromatic nitrogens is 5. The van der Waals surface area contributed by atoms with E-state index in [-0.39, 0.29) is 6.04 Å². The highest BCUT2D eigenvalue weighted by Crippen LogP contribution is 2.16. The Bertz CT molecular complexity index is 787. The molecule has 0 radical (unpaired) electrons. The number of nitrogens with zero attached hydrogens (tertiary/aromatic N) is 4. The molecule has 0 unspecified atom stereocenters. The van der Waals surface area contributed by atoms with E-state index in [0.29, 0.717) is 0 Å². The highest BCUT2D eigenvalue weighted by molar-refractivity contribution is 5.71. The molecule has 1 aliphatic carbocycles. The third-order valence-corrected chi connectivity index (χ3v) is 3.74. The SMILES string of the molecule is C1CCCC1.CC(C)NC(=O)O.c1cc(Nc2nccn3nccc23)[nH]n1. The second kappa shape index (κ2) is 10.8. The van der Waals surface area contributed by atoms with E-state index in [1.165, 1.54) is 32.1 Å². The monoisotopic (exact) mass is 373 g/mol. The lowest BCUT2D eigenvalue weighted by Gasteiger charge is -2.03. The summed E-state index contributed by atoms with van der Waals surface area (Å²) in [6, 6.07) is 3.75. The number of rotatable bonds is 3. The summed E-state index contributed by atoms with van der Waals surface area (Å²) in [6.07, 6.45) is 13.4. The van der Waals surface area contributed by atoms with Crippen molar-refractivity contribution in [2.45, 2.75) is 52.0 Å². The van der Waals surface area contributed by atoms with Crippen molar-refractivity contribution in [3.63, 3.8) is 0 Å². The van der Waals surface area contributed by atoms with Gasteiger partial charge in [0.25, 0.3) is 0 Å². The number of carbonyl (C=O) groups is 1. The third-order valence-electron chi connectivity index (χ3n) is 3.74. The molecule has 27 heavy (non-hydrogen) atoms. The summed E-state index contributed by atoms with van der Waals surface area (Å²) >= 11 is 0. The van der Waals surface area contributed by atoms with E-state index in [2.05, 4.69) is 30.9 Å². The van der Waals surface area contributed by atoms with Crippen LogP contribution < -0.4 is 10.6 Å². The molecular weight excluding hydrogens is 346 g/mol. The van der Waals surface area contributed by atoms with Gasteiger partial charge in [-0.05, 0) is 19.9 Å². The summed E-state index contributed by atoms with van der Waals surface area (Å²) in [5.41, 5.74) is 0.923. The predicted molar refractivity (Wildman–Crippen MR) is 104 cm³/mol. The fourth-order valence-electron chi connectivity index (χ4n) is 2.54. The van der Waals surface area contributed by atoms with Gasteiger partial charge in [-0.1, -0.05) is 32.1 Å². The van der Waals surface area contributed by atoms with Crippen molar-refractivity contribution >= 4 is 23.2 Å². The fourth-order valence-corrected chi connectivity index (χ4v) is 2.54. The maximum atomic E-state index is 9.70. The van der Waals surface area contributed by atoms with Crippen molar-refractivity contribution < 1.29 is 9.90 Å². The van der Waals surface area contributed by atoms with E-state index in [1.54, 1.807) is 43.2 Å². The largest absolute Gasteiger partial charge is 0.465 e. The summed E-state index contributed by atoms with van der Waals surface area (Å²) < 4.78 is 1.76. The lowest BCUT2D eigenvalue weighted by molar-refractivity contribution is 0.191. The lowest BCUT2D eigenvalue weighted by Crippen LogP contribution is -2.27. The highest BCUT2D eigenvalue weighted by atomic mass is 16.4. The highest BCUT2D eigenvalue weighted by Gasteiger charge is 2.03. The first-order valence-electron chi connectivity index (χ1n) is 9.10. The Balaban J connectivity index is 0.000000181. The van der Waals surface area contributed by atoms with Crippen molar-refractivity contribution in [3.05, 3.63) is 36.9 Å². The van der Waals surface area contributed by atoms with Crippen LogP contribution in [0.25, 0.3) is 5.52 Å². The minimum atomic E-state index is -0.963. The Hall–Kier alpha value is -3.10. The number of amides is 1. The van der Waals surface area contributed by atoms with E-state index in [0.717, 1.165) is 17.2 Å². The number of hydrogen-bond donors (Lipinski definition) is 4. The van der Waals surface area contributed by atoms with E-state index < -0.39 is 6.09 Å². The molecule has 1 saturated carbocycles. The topological polar surface area (TPSA) is 120 Å². The van der Waals surface area contributed by atoms with Crippen LogP contribution in [0.4, 0.5) is 16.4 Å². The quantitative estimate of drug-likeness (QED) is 0.554. The van der Waals surface area contributed by atoms with Gasteiger partial charge in [0.1, 0.15) is 11.3 Å². The van der Waals surface area contributed by atoms with E-state index in [1.807, 2.05) is 12.1 Å². The molecule has 3 heterocycles. The van der Waals surface area contributed by atoms with E-state index in [9.17, 15) is 4.79 Å². The molecule has 1 amide bonds. The average Bonchev–Trinajstić information content (AvgIpc) is 3.39. The predicted octanol–water partition coefficient (Wildman–Crippen LogP) is 3.81. The number of aromatic amines is 1. The molecule has 0 bridgehead atoms. The summed E-state index contributed by atoms with van der Waals surface area (Å²) in [4.78, 5) is 13.9. The summed E-state index contributed by atoms with van der Waals surface area (Å²) in [5, 5.41) is 24.1. The normalized spacial score (nSPS) is 12.7. The van der Waals surface area contributed by atoms with Gasteiger partial charge in [-0.3, -0.25) is 5.10 Å². The second-order valence-corrected chi connectivity index (χ2v) is 6.40. The van der Waals surface area contributed by atoms with Crippen LogP contribution in [0.2, 0.25) is 0 Å².